The molecule has 26 heavy (non-hydrogen) atoms. The number of carboxylic acid groups (broad SMARTS) is 1. The third-order valence-electron chi connectivity index (χ3n) is 5.32. The molecule has 0 aromatic carbocycles. The van der Waals surface area contributed by atoms with Gasteiger partial charge in [-0.3, -0.25) is 4.79 Å². The number of sulfonamides is 1. The fourth-order valence-corrected chi connectivity index (χ4v) is 4.89. The van der Waals surface area contributed by atoms with Crippen LogP contribution in [0.5, 0.6) is 0 Å². The molecule has 1 aromatic heterocycles. The van der Waals surface area contributed by atoms with Crippen molar-refractivity contribution in [1.29, 1.82) is 0 Å². The van der Waals surface area contributed by atoms with Crippen LogP contribution < -0.4 is 0 Å². The number of carboxylic acids is 1. The van der Waals surface area contributed by atoms with E-state index in [0.29, 0.717) is 18.8 Å². The molecule has 0 spiro atoms. The number of carbonyl (C=O) groups is 2. The van der Waals surface area contributed by atoms with Crippen molar-refractivity contribution < 1.29 is 27.5 Å². The summed E-state index contributed by atoms with van der Waals surface area (Å²) in [5, 5.41) is 8.49. The zero-order valence-electron chi connectivity index (χ0n) is 14.8. The standard InChI is InChI=1S/C17H24N2O6S/c1-18(11-12-3-2-4-12)16(20)13-7-9-19(10-8-13)26(23,24)15-6-5-14(25-15)17(21)22/h5-6,12-13H,2-4,7-11H2,1H3,(H,21,22). The third kappa shape index (κ3) is 3.78. The van der Waals surface area contributed by atoms with Gasteiger partial charge in [0.1, 0.15) is 0 Å². The molecule has 144 valence electrons. The van der Waals surface area contributed by atoms with E-state index in [1.165, 1.54) is 23.6 Å². The van der Waals surface area contributed by atoms with Crippen LogP contribution in [0, 0.1) is 11.8 Å². The van der Waals surface area contributed by atoms with Crippen molar-refractivity contribution in [2.75, 3.05) is 26.7 Å². The van der Waals surface area contributed by atoms with Gasteiger partial charge in [0.15, 0.2) is 0 Å². The normalized spacial score (nSPS) is 19.9. The summed E-state index contributed by atoms with van der Waals surface area (Å²) in [5.74, 6) is -1.21. The fraction of sp³-hybridized carbons (Fsp3) is 0.647. The van der Waals surface area contributed by atoms with Crippen molar-refractivity contribution in [3.8, 4) is 0 Å². The van der Waals surface area contributed by atoms with Crippen LogP contribution in [0.3, 0.4) is 0 Å². The number of rotatable bonds is 6. The van der Waals surface area contributed by atoms with E-state index in [1.54, 1.807) is 4.90 Å². The van der Waals surface area contributed by atoms with Crippen molar-refractivity contribution in [3.63, 3.8) is 0 Å². The van der Waals surface area contributed by atoms with E-state index in [0.717, 1.165) is 18.7 Å². The molecule has 2 fully saturated rings. The molecule has 1 saturated carbocycles. The molecule has 1 amide bonds. The lowest BCUT2D eigenvalue weighted by molar-refractivity contribution is -0.136. The summed E-state index contributed by atoms with van der Waals surface area (Å²) >= 11 is 0. The number of hydrogen-bond donors (Lipinski definition) is 1. The van der Waals surface area contributed by atoms with Crippen LogP contribution in [-0.4, -0.2) is 61.3 Å². The summed E-state index contributed by atoms with van der Waals surface area (Å²) in [6, 6.07) is 2.28. The predicted molar refractivity (Wildman–Crippen MR) is 92.1 cm³/mol. The van der Waals surface area contributed by atoms with Gasteiger partial charge in [-0.2, -0.15) is 4.31 Å². The van der Waals surface area contributed by atoms with Crippen LogP contribution in [0.1, 0.15) is 42.7 Å². The summed E-state index contributed by atoms with van der Waals surface area (Å²) in [5.41, 5.74) is 0. The van der Waals surface area contributed by atoms with Gasteiger partial charge >= 0.3 is 5.97 Å². The quantitative estimate of drug-likeness (QED) is 0.799. The number of nitrogens with zero attached hydrogens (tertiary/aromatic N) is 2. The lowest BCUT2D eigenvalue weighted by atomic mass is 9.85. The molecule has 1 aliphatic heterocycles. The van der Waals surface area contributed by atoms with E-state index >= 15 is 0 Å². The predicted octanol–water partition coefficient (Wildman–Crippen LogP) is 1.64. The van der Waals surface area contributed by atoms with Crippen LogP contribution in [0.2, 0.25) is 0 Å². The summed E-state index contributed by atoms with van der Waals surface area (Å²) in [6.07, 6.45) is 4.50. The van der Waals surface area contributed by atoms with E-state index in [1.807, 2.05) is 7.05 Å². The molecule has 1 saturated heterocycles. The van der Waals surface area contributed by atoms with Crippen molar-refractivity contribution >= 4 is 21.9 Å². The van der Waals surface area contributed by atoms with Gasteiger partial charge in [0.25, 0.3) is 10.0 Å². The van der Waals surface area contributed by atoms with E-state index in [9.17, 15) is 18.0 Å². The largest absolute Gasteiger partial charge is 0.475 e. The molecule has 3 rings (SSSR count). The van der Waals surface area contributed by atoms with E-state index in [-0.39, 0.29) is 30.0 Å². The Morgan fingerprint density at radius 1 is 1.23 bits per heavy atom. The second-order valence-corrected chi connectivity index (χ2v) is 8.99. The highest BCUT2D eigenvalue weighted by Crippen LogP contribution is 2.29. The van der Waals surface area contributed by atoms with Crippen molar-refractivity contribution in [2.45, 2.75) is 37.2 Å². The highest BCUT2D eigenvalue weighted by molar-refractivity contribution is 7.89. The first kappa shape index (κ1) is 18.9. The smallest absolute Gasteiger partial charge is 0.371 e. The number of hydrogen-bond acceptors (Lipinski definition) is 5. The molecule has 1 aromatic rings. The first-order chi connectivity index (χ1) is 12.3. The number of piperidine rings is 1. The average Bonchev–Trinajstić information content (AvgIpc) is 3.08. The topological polar surface area (TPSA) is 108 Å². The molecule has 0 atom stereocenters. The van der Waals surface area contributed by atoms with Gasteiger partial charge in [-0.1, -0.05) is 6.42 Å². The Kier molecular flexibility index (Phi) is 5.38. The Bertz CT molecular complexity index is 775. The van der Waals surface area contributed by atoms with Gasteiger partial charge in [-0.25, -0.2) is 13.2 Å². The molecule has 0 radical (unpaired) electrons. The van der Waals surface area contributed by atoms with Crippen LogP contribution in [0.4, 0.5) is 0 Å². The molecular weight excluding hydrogens is 360 g/mol. The summed E-state index contributed by atoms with van der Waals surface area (Å²) in [6.45, 7) is 1.22. The molecule has 9 heteroatoms. The first-order valence-electron chi connectivity index (χ1n) is 8.87. The maximum Gasteiger partial charge on any atom is 0.371 e. The van der Waals surface area contributed by atoms with Crippen LogP contribution in [-0.2, 0) is 14.8 Å². The van der Waals surface area contributed by atoms with E-state index in [2.05, 4.69) is 0 Å². The summed E-state index contributed by atoms with van der Waals surface area (Å²) < 4.78 is 31.3. The second-order valence-electron chi connectivity index (χ2n) is 7.12. The minimum absolute atomic E-state index is 0.0834. The third-order valence-corrected chi connectivity index (χ3v) is 7.10. The molecule has 2 aliphatic rings. The number of carbonyl (C=O) groups excluding carboxylic acids is 1. The maximum absolute atomic E-state index is 12.6. The lowest BCUT2D eigenvalue weighted by Crippen LogP contribution is -2.44. The summed E-state index contributed by atoms with van der Waals surface area (Å²) in [4.78, 5) is 25.2. The average molecular weight is 384 g/mol. The Balaban J connectivity index is 1.58. The molecule has 1 aliphatic carbocycles. The van der Waals surface area contributed by atoms with Gasteiger partial charge < -0.3 is 14.4 Å². The maximum atomic E-state index is 12.6. The Labute approximate surface area is 152 Å². The Morgan fingerprint density at radius 3 is 2.38 bits per heavy atom. The van der Waals surface area contributed by atoms with Crippen LogP contribution in [0.25, 0.3) is 0 Å². The second kappa shape index (κ2) is 7.40. The first-order valence-corrected chi connectivity index (χ1v) is 10.3. The minimum atomic E-state index is -3.88. The van der Waals surface area contributed by atoms with Gasteiger partial charge in [0.05, 0.1) is 0 Å². The number of amides is 1. The number of furan rings is 1. The minimum Gasteiger partial charge on any atom is -0.475 e. The van der Waals surface area contributed by atoms with E-state index < -0.39 is 21.8 Å². The molecule has 0 unspecified atom stereocenters. The van der Waals surface area contributed by atoms with Crippen LogP contribution in [0.15, 0.2) is 21.6 Å². The van der Waals surface area contributed by atoms with Crippen molar-refractivity contribution in [1.82, 2.24) is 9.21 Å². The molecule has 1 N–H and O–H groups in total. The van der Waals surface area contributed by atoms with Crippen molar-refractivity contribution in [3.05, 3.63) is 17.9 Å². The van der Waals surface area contributed by atoms with Gasteiger partial charge in [-0.05, 0) is 43.7 Å². The van der Waals surface area contributed by atoms with E-state index in [4.69, 9.17) is 9.52 Å². The van der Waals surface area contributed by atoms with Gasteiger partial charge in [-0.15, -0.1) is 0 Å². The Morgan fingerprint density at radius 2 is 1.88 bits per heavy atom. The number of aromatic carboxylic acids is 1. The van der Waals surface area contributed by atoms with Gasteiger partial charge in [0.2, 0.25) is 16.8 Å². The molecular formula is C17H24N2O6S. The monoisotopic (exact) mass is 384 g/mol. The van der Waals surface area contributed by atoms with Crippen LogP contribution >= 0.6 is 0 Å². The fourth-order valence-electron chi connectivity index (χ4n) is 3.51. The Hall–Kier alpha value is -1.87. The van der Waals surface area contributed by atoms with Crippen molar-refractivity contribution in [2.24, 2.45) is 11.8 Å². The zero-order valence-corrected chi connectivity index (χ0v) is 15.6. The molecule has 0 bridgehead atoms. The molecule has 8 nitrogen and oxygen atoms in total. The highest BCUT2D eigenvalue weighted by atomic mass is 32.2. The zero-order chi connectivity index (χ0) is 18.9. The summed E-state index contributed by atoms with van der Waals surface area (Å²) in [7, 11) is -2.06. The van der Waals surface area contributed by atoms with Gasteiger partial charge in [0, 0.05) is 32.6 Å². The lowest BCUT2D eigenvalue weighted by Gasteiger charge is -2.35. The SMILES string of the molecule is CN(CC1CCC1)C(=O)C1CCN(S(=O)(=O)c2ccc(C(=O)O)o2)CC1. The molecule has 2 heterocycles. The highest BCUT2D eigenvalue weighted by Gasteiger charge is 2.35.